The predicted octanol–water partition coefficient (Wildman–Crippen LogP) is 1.98. The highest BCUT2D eigenvalue weighted by Crippen LogP contribution is 2.40. The van der Waals surface area contributed by atoms with Crippen molar-refractivity contribution in [2.75, 3.05) is 11.4 Å². The Morgan fingerprint density at radius 3 is 2.33 bits per heavy atom. The maximum Gasteiger partial charge on any atom is 0.244 e. The number of amides is 2. The first-order valence-electron chi connectivity index (χ1n) is 10.9. The first-order chi connectivity index (χ1) is 14.5. The van der Waals surface area contributed by atoms with E-state index in [-0.39, 0.29) is 29.6 Å². The Morgan fingerprint density at radius 2 is 1.67 bits per heavy atom. The van der Waals surface area contributed by atoms with Gasteiger partial charge in [-0.3, -0.25) is 14.4 Å². The first kappa shape index (κ1) is 19.2. The van der Waals surface area contributed by atoms with Crippen LogP contribution in [0.5, 0.6) is 0 Å². The van der Waals surface area contributed by atoms with Gasteiger partial charge in [-0.1, -0.05) is 48.9 Å². The Kier molecular flexibility index (Phi) is 4.58. The summed E-state index contributed by atoms with van der Waals surface area (Å²) in [5, 5.41) is 0. The van der Waals surface area contributed by atoms with Crippen molar-refractivity contribution >= 4 is 23.3 Å². The fourth-order valence-electron chi connectivity index (χ4n) is 5.77. The van der Waals surface area contributed by atoms with Crippen molar-refractivity contribution in [2.24, 2.45) is 11.8 Å². The number of rotatable bonds is 4. The molecule has 5 nitrogen and oxygen atoms in total. The molecule has 0 bridgehead atoms. The zero-order chi connectivity index (χ0) is 21.0. The Morgan fingerprint density at radius 1 is 1.00 bits per heavy atom. The molecule has 3 aliphatic heterocycles. The van der Waals surface area contributed by atoms with Crippen LogP contribution in [0.2, 0.25) is 0 Å². The van der Waals surface area contributed by atoms with Gasteiger partial charge >= 0.3 is 0 Å². The maximum absolute atomic E-state index is 13.5. The van der Waals surface area contributed by atoms with E-state index in [2.05, 4.69) is 6.92 Å². The van der Waals surface area contributed by atoms with E-state index >= 15 is 0 Å². The predicted molar refractivity (Wildman–Crippen MR) is 113 cm³/mol. The third-order valence-electron chi connectivity index (χ3n) is 7.27. The summed E-state index contributed by atoms with van der Waals surface area (Å²) in [5.74, 6) is -1.29. The average Bonchev–Trinajstić information content (AvgIpc) is 3.40. The Hall–Kier alpha value is -2.79. The number of Topliss-reactive ketones (excluding diaryl/α,β-unsaturated/α-hetero) is 1. The van der Waals surface area contributed by atoms with Crippen molar-refractivity contribution < 1.29 is 19.3 Å². The Balaban J connectivity index is 1.52. The average molecular weight is 404 g/mol. The molecule has 5 rings (SSSR count). The highest BCUT2D eigenvalue weighted by atomic mass is 16.2. The molecule has 1 N–H and O–H groups in total. The fourth-order valence-corrected chi connectivity index (χ4v) is 5.77. The second-order valence-electron chi connectivity index (χ2n) is 8.87. The van der Waals surface area contributed by atoms with Gasteiger partial charge in [0.05, 0.1) is 12.2 Å². The highest BCUT2D eigenvalue weighted by Gasteiger charge is 2.68. The molecule has 2 aromatic carbocycles. The molecule has 0 saturated carbocycles. The topological polar surface area (TPSA) is 58.9 Å². The standard InChI is InChI=1S/C25H26N2O3/c1-3-16-8-12-18(13-9-16)27-24(29)20-19-5-4-14-26(19)22(21(20)25(27)30)23(28)17-10-6-15(2)7-11-17/h6-13,19-22H,3-5,14H2,1-2H3/p+1/t19-,20-,21+,22-/m0/s1. The van der Waals surface area contributed by atoms with Crippen molar-refractivity contribution in [1.29, 1.82) is 0 Å². The molecule has 2 amide bonds. The van der Waals surface area contributed by atoms with E-state index in [1.54, 1.807) is 0 Å². The number of hydrogen-bond acceptors (Lipinski definition) is 3. The molecular weight excluding hydrogens is 376 g/mol. The summed E-state index contributed by atoms with van der Waals surface area (Å²) >= 11 is 0. The minimum absolute atomic E-state index is 0.00580. The third-order valence-corrected chi connectivity index (χ3v) is 7.27. The van der Waals surface area contributed by atoms with Crippen LogP contribution in [0.15, 0.2) is 48.5 Å². The molecule has 1 unspecified atom stereocenters. The van der Waals surface area contributed by atoms with Gasteiger partial charge in [-0.25, -0.2) is 4.90 Å². The van der Waals surface area contributed by atoms with Crippen LogP contribution in [0.25, 0.3) is 0 Å². The number of hydrogen-bond donors (Lipinski definition) is 1. The summed E-state index contributed by atoms with van der Waals surface area (Å²) in [4.78, 5) is 43.0. The van der Waals surface area contributed by atoms with Crippen molar-refractivity contribution in [1.82, 2.24) is 0 Å². The van der Waals surface area contributed by atoms with E-state index in [1.807, 2.05) is 55.5 Å². The lowest BCUT2D eigenvalue weighted by Gasteiger charge is -2.25. The number of benzene rings is 2. The number of quaternary nitrogens is 1. The maximum atomic E-state index is 13.5. The van der Waals surface area contributed by atoms with Crippen LogP contribution in [0.1, 0.15) is 41.3 Å². The summed E-state index contributed by atoms with van der Waals surface area (Å²) in [6, 6.07) is 14.8. The van der Waals surface area contributed by atoms with Crippen LogP contribution in [-0.2, 0) is 16.0 Å². The van der Waals surface area contributed by atoms with Crippen molar-refractivity contribution in [3.8, 4) is 0 Å². The molecule has 0 spiro atoms. The summed E-state index contributed by atoms with van der Waals surface area (Å²) < 4.78 is 0. The zero-order valence-corrected chi connectivity index (χ0v) is 17.4. The second kappa shape index (κ2) is 7.17. The van der Waals surface area contributed by atoms with Crippen molar-refractivity contribution in [3.05, 3.63) is 65.2 Å². The zero-order valence-electron chi connectivity index (χ0n) is 17.4. The van der Waals surface area contributed by atoms with Crippen molar-refractivity contribution in [3.63, 3.8) is 0 Å². The van der Waals surface area contributed by atoms with Crippen LogP contribution in [0, 0.1) is 18.8 Å². The lowest BCUT2D eigenvalue weighted by Crippen LogP contribution is -3.16. The number of nitrogens with one attached hydrogen (secondary N) is 1. The molecule has 3 fully saturated rings. The van der Waals surface area contributed by atoms with Gasteiger partial charge in [0.15, 0.2) is 6.04 Å². The van der Waals surface area contributed by atoms with Gasteiger partial charge in [0.1, 0.15) is 17.9 Å². The molecule has 3 saturated heterocycles. The van der Waals surface area contributed by atoms with E-state index in [4.69, 9.17) is 0 Å². The van der Waals surface area contributed by atoms with Gasteiger partial charge < -0.3 is 4.90 Å². The number of imide groups is 1. The molecule has 2 aromatic rings. The quantitative estimate of drug-likeness (QED) is 0.627. The van der Waals surface area contributed by atoms with Crippen LogP contribution in [-0.4, -0.2) is 36.2 Å². The minimum atomic E-state index is -0.558. The molecule has 154 valence electrons. The summed E-state index contributed by atoms with van der Waals surface area (Å²) in [7, 11) is 0. The number of ketones is 1. The fraction of sp³-hybridized carbons (Fsp3) is 0.400. The SMILES string of the molecule is CCc1ccc(N2C(=O)[C@@H]3[C@@H](C2=O)[C@@H]2CCC[NH+]2[C@@H]3C(=O)c2ccc(C)cc2)cc1. The largest absolute Gasteiger partial charge is 0.322 e. The highest BCUT2D eigenvalue weighted by molar-refractivity contribution is 6.24. The summed E-state index contributed by atoms with van der Waals surface area (Å²) in [6.07, 6.45) is 2.80. The second-order valence-corrected chi connectivity index (χ2v) is 8.87. The lowest BCUT2D eigenvalue weighted by molar-refractivity contribution is -0.915. The van der Waals surface area contributed by atoms with E-state index in [9.17, 15) is 14.4 Å². The van der Waals surface area contributed by atoms with Gasteiger partial charge in [0, 0.05) is 18.4 Å². The minimum Gasteiger partial charge on any atom is -0.322 e. The van der Waals surface area contributed by atoms with Gasteiger partial charge in [-0.05, 0) is 31.0 Å². The van der Waals surface area contributed by atoms with Crippen LogP contribution >= 0.6 is 0 Å². The molecular formula is C25H27N2O3+. The summed E-state index contributed by atoms with van der Waals surface area (Å²) in [6.45, 7) is 4.92. The van der Waals surface area contributed by atoms with Gasteiger partial charge in [0.2, 0.25) is 17.6 Å². The number of fused-ring (bicyclic) bond motifs is 3. The first-order valence-corrected chi connectivity index (χ1v) is 10.9. The van der Waals surface area contributed by atoms with E-state index in [1.165, 1.54) is 4.90 Å². The third kappa shape index (κ3) is 2.76. The number of anilines is 1. The molecule has 5 heteroatoms. The van der Waals surface area contributed by atoms with Crippen LogP contribution in [0.4, 0.5) is 5.69 Å². The molecule has 0 aliphatic carbocycles. The van der Waals surface area contributed by atoms with Gasteiger partial charge in [-0.2, -0.15) is 0 Å². The number of aryl methyl sites for hydroxylation is 2. The van der Waals surface area contributed by atoms with Crippen molar-refractivity contribution in [2.45, 2.75) is 45.2 Å². The van der Waals surface area contributed by atoms with E-state index in [0.29, 0.717) is 11.3 Å². The van der Waals surface area contributed by atoms with Crippen LogP contribution < -0.4 is 9.80 Å². The van der Waals surface area contributed by atoms with Gasteiger partial charge in [-0.15, -0.1) is 0 Å². The number of carbonyl (C=O) groups excluding carboxylic acids is 3. The Bertz CT molecular complexity index is 1010. The molecule has 5 atom stereocenters. The summed E-state index contributed by atoms with van der Waals surface area (Å²) in [5.41, 5.74) is 3.51. The normalized spacial score (nSPS) is 29.9. The monoisotopic (exact) mass is 403 g/mol. The lowest BCUT2D eigenvalue weighted by atomic mass is 9.85. The molecule has 30 heavy (non-hydrogen) atoms. The van der Waals surface area contributed by atoms with E-state index < -0.39 is 12.0 Å². The molecule has 3 heterocycles. The number of carbonyl (C=O) groups is 3. The molecule has 3 aliphatic rings. The van der Waals surface area contributed by atoms with E-state index in [0.717, 1.165) is 41.8 Å². The molecule has 0 radical (unpaired) electrons. The van der Waals surface area contributed by atoms with Gasteiger partial charge in [0.25, 0.3) is 0 Å². The smallest absolute Gasteiger partial charge is 0.244 e. The Labute approximate surface area is 176 Å². The number of nitrogens with zero attached hydrogens (tertiary/aromatic N) is 1. The molecule has 0 aromatic heterocycles. The van der Waals surface area contributed by atoms with Crippen LogP contribution in [0.3, 0.4) is 0 Å².